The topological polar surface area (TPSA) is 86.2 Å². The van der Waals surface area contributed by atoms with Gasteiger partial charge in [-0.15, -0.1) is 0 Å². The van der Waals surface area contributed by atoms with Crippen molar-refractivity contribution in [1.29, 1.82) is 0 Å². The zero-order chi connectivity index (χ0) is 4.50. The Hall–Kier alpha value is 1.40. The van der Waals surface area contributed by atoms with E-state index in [-0.39, 0.29) is 39.9 Å². The van der Waals surface area contributed by atoms with E-state index in [1.165, 1.54) is 0 Å². The molecule has 0 aromatic heterocycles. The van der Waals surface area contributed by atoms with E-state index >= 15 is 0 Å². The molecule has 0 unspecified atom stereocenters. The van der Waals surface area contributed by atoms with Crippen LogP contribution in [0.5, 0.6) is 0 Å². The molecule has 0 N–H and O–H groups in total. The van der Waals surface area contributed by atoms with Gasteiger partial charge < -0.3 is 19.2 Å². The Kier molecular flexibility index (Phi) is 12.5. The van der Waals surface area contributed by atoms with Gasteiger partial charge in [-0.2, -0.15) is 7.82 Å². The summed E-state index contributed by atoms with van der Waals surface area (Å²) in [5.74, 6) is 0. The van der Waals surface area contributed by atoms with Gasteiger partial charge >= 0.3 is 18.9 Å². The van der Waals surface area contributed by atoms with Gasteiger partial charge in [-0.05, 0) is 0 Å². The first-order chi connectivity index (χ1) is 2.00. The fraction of sp³-hybridized carbons (Fsp3) is 0. The van der Waals surface area contributed by atoms with Crippen LogP contribution in [-0.4, -0.2) is 0 Å². The van der Waals surface area contributed by atoms with E-state index < -0.39 is 7.82 Å². The molecular formula is LiO4PW-2. The van der Waals surface area contributed by atoms with Crippen LogP contribution in [0.15, 0.2) is 0 Å². The summed E-state index contributed by atoms with van der Waals surface area (Å²) in [5, 5.41) is 0. The Morgan fingerprint density at radius 1 is 1.14 bits per heavy atom. The van der Waals surface area contributed by atoms with E-state index in [0.717, 1.165) is 0 Å². The van der Waals surface area contributed by atoms with Crippen LogP contribution < -0.4 is 33.5 Å². The standard InChI is InChI=1S/Li.H3O4P.W/c;1-5(2,3)4;/h;(H3,1,2,3,4);/q+1;;/p-3. The Labute approximate surface area is 67.0 Å². The predicted octanol–water partition coefficient (Wildman–Crippen LogP) is -5.82. The molecule has 0 fully saturated rings. The smallest absolute Gasteiger partial charge is 0.822 e. The Morgan fingerprint density at radius 2 is 1.14 bits per heavy atom. The molecular weight excluding hydrogens is 286 g/mol. The molecule has 0 amide bonds. The third kappa shape index (κ3) is 111. The molecule has 0 bridgehead atoms. The largest absolute Gasteiger partial charge is 1.00 e. The van der Waals surface area contributed by atoms with Gasteiger partial charge in [0.2, 0.25) is 0 Å². The van der Waals surface area contributed by atoms with Gasteiger partial charge in [-0.1, -0.05) is 0 Å². The minimum atomic E-state index is -5.39. The van der Waals surface area contributed by atoms with Crippen LogP contribution in [0.4, 0.5) is 0 Å². The second-order valence-electron chi connectivity index (χ2n) is 0.447. The van der Waals surface area contributed by atoms with E-state index in [0.29, 0.717) is 0 Å². The average molecular weight is 286 g/mol. The summed E-state index contributed by atoms with van der Waals surface area (Å²) in [5.41, 5.74) is 0. The summed E-state index contributed by atoms with van der Waals surface area (Å²) in [7, 11) is -5.39. The van der Waals surface area contributed by atoms with E-state index in [1.807, 2.05) is 0 Å². The van der Waals surface area contributed by atoms with Crippen LogP contribution in [0.25, 0.3) is 0 Å². The summed E-state index contributed by atoms with van der Waals surface area (Å²) in [6, 6.07) is 0. The number of phosphoric acid groups is 1. The van der Waals surface area contributed by atoms with Gasteiger partial charge in [0.05, 0.1) is 0 Å². The summed E-state index contributed by atoms with van der Waals surface area (Å²) in [4.78, 5) is 25.6. The third-order valence-corrected chi connectivity index (χ3v) is 0. The Bertz CT molecular complexity index is 57.8. The van der Waals surface area contributed by atoms with Crippen LogP contribution in [0, 0.1) is 0 Å². The van der Waals surface area contributed by atoms with Crippen molar-refractivity contribution in [1.82, 2.24) is 0 Å². The van der Waals surface area contributed by atoms with Crippen molar-refractivity contribution >= 4 is 7.82 Å². The number of rotatable bonds is 0. The Balaban J connectivity index is -0.0000000800. The summed E-state index contributed by atoms with van der Waals surface area (Å²) < 4.78 is 8.55. The maximum atomic E-state index is 8.55. The molecule has 0 aromatic rings. The molecule has 0 rings (SSSR count). The van der Waals surface area contributed by atoms with Gasteiger partial charge in [0.15, 0.2) is 0 Å². The fourth-order valence-corrected chi connectivity index (χ4v) is 0. The van der Waals surface area contributed by atoms with Gasteiger partial charge in [0.1, 0.15) is 0 Å². The van der Waals surface area contributed by atoms with Crippen LogP contribution >= 0.6 is 7.82 Å². The quantitative estimate of drug-likeness (QED) is 0.328. The van der Waals surface area contributed by atoms with Crippen molar-refractivity contribution < 1.29 is 59.2 Å². The first-order valence-corrected chi connectivity index (χ1v) is 2.19. The van der Waals surface area contributed by atoms with Crippen molar-refractivity contribution in [2.75, 3.05) is 0 Å². The number of hydrogen-bond acceptors (Lipinski definition) is 4. The van der Waals surface area contributed by atoms with Gasteiger partial charge in [0.25, 0.3) is 0 Å². The second-order valence-corrected chi connectivity index (χ2v) is 1.34. The molecule has 0 aliphatic carbocycles. The molecule has 0 heterocycles. The van der Waals surface area contributed by atoms with E-state index in [4.69, 9.17) is 19.2 Å². The molecule has 7 heavy (non-hydrogen) atoms. The van der Waals surface area contributed by atoms with Crippen LogP contribution in [0.2, 0.25) is 0 Å². The maximum absolute atomic E-state index is 8.55. The van der Waals surface area contributed by atoms with Crippen molar-refractivity contribution in [3.8, 4) is 0 Å². The number of hydrogen-bond donors (Lipinski definition) is 0. The monoisotopic (exact) mass is 286 g/mol. The zero-order valence-corrected chi connectivity index (χ0v) is 7.32. The molecule has 0 saturated carbocycles. The van der Waals surface area contributed by atoms with Gasteiger partial charge in [0, 0.05) is 21.1 Å². The summed E-state index contributed by atoms with van der Waals surface area (Å²) in [6.07, 6.45) is 0. The molecule has 0 spiro atoms. The van der Waals surface area contributed by atoms with Gasteiger partial charge in [-0.25, -0.2) is 0 Å². The first kappa shape index (κ1) is 15.8. The van der Waals surface area contributed by atoms with E-state index in [9.17, 15) is 0 Å². The average Bonchev–Trinajstić information content (AvgIpc) is 0.722. The third-order valence-electron chi connectivity index (χ3n) is 0. The normalized spacial score (nSPS) is 8.43. The fourth-order valence-electron chi connectivity index (χ4n) is 0. The molecule has 7 heteroatoms. The second kappa shape index (κ2) is 5.53. The minimum Gasteiger partial charge on any atom is -0.822 e. The molecule has 0 aliphatic heterocycles. The molecule has 0 saturated heterocycles. The maximum Gasteiger partial charge on any atom is 1.00 e. The zero-order valence-electron chi connectivity index (χ0n) is 3.49. The molecule has 38 valence electrons. The first-order valence-electron chi connectivity index (χ1n) is 0.730. The van der Waals surface area contributed by atoms with Crippen molar-refractivity contribution in [2.24, 2.45) is 0 Å². The van der Waals surface area contributed by atoms with E-state index in [1.54, 1.807) is 0 Å². The van der Waals surface area contributed by atoms with Crippen LogP contribution in [0.3, 0.4) is 0 Å². The molecule has 0 radical (unpaired) electrons. The van der Waals surface area contributed by atoms with Crippen molar-refractivity contribution in [3.63, 3.8) is 0 Å². The Morgan fingerprint density at radius 3 is 1.14 bits per heavy atom. The summed E-state index contributed by atoms with van der Waals surface area (Å²) in [6.45, 7) is 0. The van der Waals surface area contributed by atoms with Crippen LogP contribution in [-0.2, 0) is 25.6 Å². The molecule has 4 nitrogen and oxygen atoms in total. The van der Waals surface area contributed by atoms with Crippen molar-refractivity contribution in [2.45, 2.75) is 0 Å². The molecule has 0 aliphatic rings. The minimum absolute atomic E-state index is 0. The molecule has 0 atom stereocenters. The van der Waals surface area contributed by atoms with Crippen molar-refractivity contribution in [3.05, 3.63) is 0 Å². The van der Waals surface area contributed by atoms with Gasteiger partial charge in [-0.3, -0.25) is 0 Å². The SMILES string of the molecule is O=P([O-])([O-])[O-].[Li+].[W]. The van der Waals surface area contributed by atoms with Crippen LogP contribution in [0.1, 0.15) is 0 Å². The molecule has 0 aromatic carbocycles. The van der Waals surface area contributed by atoms with E-state index in [2.05, 4.69) is 0 Å². The summed E-state index contributed by atoms with van der Waals surface area (Å²) >= 11 is 0. The predicted molar refractivity (Wildman–Crippen MR) is 7.61 cm³/mol.